The molecule has 0 aliphatic heterocycles. The van der Waals surface area contributed by atoms with Gasteiger partial charge in [0, 0.05) is 6.07 Å². The van der Waals surface area contributed by atoms with Crippen LogP contribution in [0.1, 0.15) is 0 Å². The molecule has 0 aromatic heterocycles. The smallest absolute Gasteiger partial charge is 0.185 e. The molecule has 0 atom stereocenters. The molecular weight excluding hydrogens is 150 g/mol. The zero-order valence-corrected chi connectivity index (χ0v) is 5.44. The van der Waals surface area contributed by atoms with Crippen molar-refractivity contribution in [3.05, 3.63) is 6.07 Å². The summed E-state index contributed by atoms with van der Waals surface area (Å²) in [6.07, 6.45) is 0. The van der Waals surface area contributed by atoms with Crippen molar-refractivity contribution >= 4 is 5.69 Å². The van der Waals surface area contributed by atoms with E-state index < -0.39 is 28.7 Å². The van der Waals surface area contributed by atoms with Crippen LogP contribution in [-0.2, 0) is 0 Å². The van der Waals surface area contributed by atoms with Crippen LogP contribution in [0.5, 0.6) is 23.0 Å². The van der Waals surface area contributed by atoms with E-state index in [0.717, 1.165) is 6.07 Å². The second-order valence-electron chi connectivity index (χ2n) is 2.03. The molecule has 0 aliphatic rings. The van der Waals surface area contributed by atoms with Crippen LogP contribution in [0.3, 0.4) is 0 Å². The maximum Gasteiger partial charge on any atom is 0.185 e. The standard InChI is InChI=1S/C6H7NO4/c7-4-5(10)2(8)1-3(9)6(4)11/h1,8-11H,7H2. The maximum atomic E-state index is 8.87. The summed E-state index contributed by atoms with van der Waals surface area (Å²) in [5, 5.41) is 35.3. The Morgan fingerprint density at radius 3 is 1.64 bits per heavy atom. The Bertz CT molecular complexity index is 271. The molecule has 0 bridgehead atoms. The molecule has 0 radical (unpaired) electrons. The highest BCUT2D eigenvalue weighted by molar-refractivity contribution is 5.71. The third-order valence-corrected chi connectivity index (χ3v) is 1.27. The second kappa shape index (κ2) is 2.12. The molecule has 6 N–H and O–H groups in total. The molecular formula is C6H7NO4. The Morgan fingerprint density at radius 1 is 0.909 bits per heavy atom. The Kier molecular flexibility index (Phi) is 1.41. The topological polar surface area (TPSA) is 107 Å². The highest BCUT2D eigenvalue weighted by Gasteiger charge is 2.12. The van der Waals surface area contributed by atoms with Crippen LogP contribution < -0.4 is 5.73 Å². The normalized spacial score (nSPS) is 9.82. The summed E-state index contributed by atoms with van der Waals surface area (Å²) in [6, 6.07) is 0.793. The highest BCUT2D eigenvalue weighted by Crippen LogP contribution is 2.43. The number of hydrogen-bond acceptors (Lipinski definition) is 5. The first-order valence-electron chi connectivity index (χ1n) is 2.76. The van der Waals surface area contributed by atoms with Gasteiger partial charge in [0.1, 0.15) is 5.69 Å². The Hall–Kier alpha value is -1.78. The van der Waals surface area contributed by atoms with Crippen LogP contribution in [0.4, 0.5) is 5.69 Å². The minimum absolute atomic E-state index is 0.442. The summed E-state index contributed by atoms with van der Waals surface area (Å²) in [5.74, 6) is -2.42. The number of nitrogen functional groups attached to an aromatic ring is 1. The van der Waals surface area contributed by atoms with Crippen LogP contribution in [0, 0.1) is 0 Å². The van der Waals surface area contributed by atoms with E-state index in [1.54, 1.807) is 0 Å². The van der Waals surface area contributed by atoms with E-state index in [4.69, 9.17) is 26.2 Å². The first-order chi connectivity index (χ1) is 5.04. The summed E-state index contributed by atoms with van der Waals surface area (Å²) < 4.78 is 0. The van der Waals surface area contributed by atoms with Gasteiger partial charge >= 0.3 is 0 Å². The summed E-state index contributed by atoms with van der Waals surface area (Å²) in [7, 11) is 0. The molecule has 60 valence electrons. The van der Waals surface area contributed by atoms with Gasteiger partial charge in [-0.25, -0.2) is 0 Å². The van der Waals surface area contributed by atoms with Gasteiger partial charge in [-0.15, -0.1) is 0 Å². The molecule has 0 aliphatic carbocycles. The zero-order chi connectivity index (χ0) is 8.59. The van der Waals surface area contributed by atoms with Crippen molar-refractivity contribution in [3.8, 4) is 23.0 Å². The van der Waals surface area contributed by atoms with E-state index in [1.807, 2.05) is 0 Å². The lowest BCUT2D eigenvalue weighted by Crippen LogP contribution is -1.86. The van der Waals surface area contributed by atoms with Crippen LogP contribution in [0.25, 0.3) is 0 Å². The number of rotatable bonds is 0. The fourth-order valence-electron chi connectivity index (χ4n) is 0.654. The lowest BCUT2D eigenvalue weighted by molar-refractivity contribution is 0.376. The Morgan fingerprint density at radius 2 is 1.27 bits per heavy atom. The van der Waals surface area contributed by atoms with Crippen molar-refractivity contribution in [2.24, 2.45) is 0 Å². The molecule has 5 heteroatoms. The average Bonchev–Trinajstić information content (AvgIpc) is 1.97. The van der Waals surface area contributed by atoms with E-state index in [0.29, 0.717) is 0 Å². The number of benzene rings is 1. The van der Waals surface area contributed by atoms with Gasteiger partial charge in [-0.1, -0.05) is 0 Å². The molecule has 1 aromatic carbocycles. The number of anilines is 1. The van der Waals surface area contributed by atoms with Gasteiger partial charge in [-0.05, 0) is 0 Å². The molecule has 0 saturated carbocycles. The fraction of sp³-hybridized carbons (Fsp3) is 0. The average molecular weight is 157 g/mol. The molecule has 5 nitrogen and oxygen atoms in total. The van der Waals surface area contributed by atoms with E-state index in [-0.39, 0.29) is 0 Å². The third kappa shape index (κ3) is 0.958. The van der Waals surface area contributed by atoms with Crippen molar-refractivity contribution in [3.63, 3.8) is 0 Å². The predicted octanol–water partition coefficient (Wildman–Crippen LogP) is 0.0912. The highest BCUT2D eigenvalue weighted by atomic mass is 16.3. The number of hydrogen-bond donors (Lipinski definition) is 5. The Labute approximate surface area is 61.9 Å². The minimum atomic E-state index is -0.639. The molecule has 11 heavy (non-hydrogen) atoms. The molecule has 1 rings (SSSR count). The fourth-order valence-corrected chi connectivity index (χ4v) is 0.654. The number of nitrogens with two attached hydrogens (primary N) is 1. The lowest BCUT2D eigenvalue weighted by atomic mass is 10.2. The number of aromatic hydroxyl groups is 4. The van der Waals surface area contributed by atoms with Crippen LogP contribution >= 0.6 is 0 Å². The lowest BCUT2D eigenvalue weighted by Gasteiger charge is -2.04. The number of phenolic OH excluding ortho intramolecular Hbond substituents is 4. The largest absolute Gasteiger partial charge is 0.504 e. The molecule has 0 amide bonds. The van der Waals surface area contributed by atoms with Gasteiger partial charge in [0.15, 0.2) is 23.0 Å². The van der Waals surface area contributed by atoms with Gasteiger partial charge in [0.05, 0.1) is 0 Å². The molecule has 0 heterocycles. The van der Waals surface area contributed by atoms with Crippen LogP contribution in [-0.4, -0.2) is 20.4 Å². The van der Waals surface area contributed by atoms with Crippen molar-refractivity contribution in [2.75, 3.05) is 5.73 Å². The first-order valence-corrected chi connectivity index (χ1v) is 2.76. The summed E-state index contributed by atoms with van der Waals surface area (Å²) in [5.41, 5.74) is 4.62. The van der Waals surface area contributed by atoms with Gasteiger partial charge in [-0.2, -0.15) is 0 Å². The molecule has 0 unspecified atom stereocenters. The minimum Gasteiger partial charge on any atom is -0.504 e. The van der Waals surface area contributed by atoms with Crippen molar-refractivity contribution < 1.29 is 20.4 Å². The molecule has 0 fully saturated rings. The molecule has 1 aromatic rings. The third-order valence-electron chi connectivity index (χ3n) is 1.27. The van der Waals surface area contributed by atoms with Crippen LogP contribution in [0.2, 0.25) is 0 Å². The number of phenols is 4. The van der Waals surface area contributed by atoms with Crippen LogP contribution in [0.15, 0.2) is 6.07 Å². The Balaban J connectivity index is 3.46. The van der Waals surface area contributed by atoms with Gasteiger partial charge < -0.3 is 26.2 Å². The van der Waals surface area contributed by atoms with Crippen molar-refractivity contribution in [2.45, 2.75) is 0 Å². The van der Waals surface area contributed by atoms with E-state index in [9.17, 15) is 0 Å². The summed E-state index contributed by atoms with van der Waals surface area (Å²) in [6.45, 7) is 0. The molecule has 0 saturated heterocycles. The zero-order valence-electron chi connectivity index (χ0n) is 5.44. The van der Waals surface area contributed by atoms with E-state index in [1.165, 1.54) is 0 Å². The predicted molar refractivity (Wildman–Crippen MR) is 37.5 cm³/mol. The molecule has 0 spiro atoms. The van der Waals surface area contributed by atoms with Gasteiger partial charge in [0.2, 0.25) is 0 Å². The first kappa shape index (κ1) is 7.33. The van der Waals surface area contributed by atoms with Crippen molar-refractivity contribution in [1.29, 1.82) is 0 Å². The van der Waals surface area contributed by atoms with E-state index >= 15 is 0 Å². The monoisotopic (exact) mass is 157 g/mol. The SMILES string of the molecule is Nc1c(O)c(O)cc(O)c1O. The van der Waals surface area contributed by atoms with Crippen molar-refractivity contribution in [1.82, 2.24) is 0 Å². The second-order valence-corrected chi connectivity index (χ2v) is 2.03. The summed E-state index contributed by atoms with van der Waals surface area (Å²) >= 11 is 0. The maximum absolute atomic E-state index is 8.87. The van der Waals surface area contributed by atoms with Gasteiger partial charge in [-0.3, -0.25) is 0 Å². The van der Waals surface area contributed by atoms with Gasteiger partial charge in [0.25, 0.3) is 0 Å². The van der Waals surface area contributed by atoms with E-state index in [2.05, 4.69) is 0 Å². The quantitative estimate of drug-likeness (QED) is 0.208. The summed E-state index contributed by atoms with van der Waals surface area (Å²) in [4.78, 5) is 0.